The van der Waals surface area contributed by atoms with Gasteiger partial charge in [0.25, 0.3) is 0 Å². The topological polar surface area (TPSA) is 41.1 Å². The Bertz CT molecular complexity index is 656. The molecule has 2 aromatic rings. The Morgan fingerprint density at radius 3 is 2.43 bits per heavy atom. The number of nitrogens with one attached hydrogen (secondary N) is 2. The minimum absolute atomic E-state index is 0.252. The molecule has 122 valence electrons. The summed E-state index contributed by atoms with van der Waals surface area (Å²) >= 11 is 0. The zero-order chi connectivity index (χ0) is 16.9. The third kappa shape index (κ3) is 5.02. The fraction of sp³-hybridized carbons (Fsp3) is 0.235. The quantitative estimate of drug-likeness (QED) is 0.878. The van der Waals surface area contributed by atoms with E-state index >= 15 is 0 Å². The van der Waals surface area contributed by atoms with Gasteiger partial charge >= 0.3 is 6.18 Å². The predicted molar refractivity (Wildman–Crippen MR) is 82.8 cm³/mol. The summed E-state index contributed by atoms with van der Waals surface area (Å²) in [5, 5.41) is 5.52. The molecule has 0 aliphatic rings. The van der Waals surface area contributed by atoms with E-state index < -0.39 is 17.8 Å². The highest BCUT2D eigenvalue weighted by Gasteiger charge is 2.30. The maximum absolute atomic E-state index is 12.7. The molecule has 1 amide bonds. The van der Waals surface area contributed by atoms with E-state index in [2.05, 4.69) is 10.6 Å². The summed E-state index contributed by atoms with van der Waals surface area (Å²) in [6.45, 7) is 1.97. The summed E-state index contributed by atoms with van der Waals surface area (Å²) < 4.78 is 38.0. The first kappa shape index (κ1) is 16.9. The smallest absolute Gasteiger partial charge is 0.374 e. The minimum Gasteiger partial charge on any atom is -0.374 e. The van der Waals surface area contributed by atoms with E-state index in [4.69, 9.17) is 0 Å². The molecule has 0 aromatic heterocycles. The fourth-order valence-electron chi connectivity index (χ4n) is 2.04. The van der Waals surface area contributed by atoms with E-state index in [-0.39, 0.29) is 11.6 Å². The molecule has 0 heterocycles. The van der Waals surface area contributed by atoms with E-state index in [0.717, 1.165) is 17.7 Å². The van der Waals surface area contributed by atoms with Gasteiger partial charge in [0.05, 0.1) is 5.56 Å². The third-order valence-corrected chi connectivity index (χ3v) is 3.28. The van der Waals surface area contributed by atoms with Crippen molar-refractivity contribution in [3.63, 3.8) is 0 Å². The Morgan fingerprint density at radius 2 is 1.78 bits per heavy atom. The van der Waals surface area contributed by atoms with Crippen LogP contribution in [-0.2, 0) is 17.5 Å². The first-order chi connectivity index (χ1) is 10.9. The molecular weight excluding hydrogens is 305 g/mol. The van der Waals surface area contributed by atoms with Gasteiger partial charge in [0.2, 0.25) is 5.91 Å². The van der Waals surface area contributed by atoms with Crippen LogP contribution in [0, 0.1) is 0 Å². The van der Waals surface area contributed by atoms with Crippen molar-refractivity contribution in [3.05, 3.63) is 65.7 Å². The normalized spacial score (nSPS) is 12.5. The molecule has 0 aliphatic carbocycles. The molecule has 2 rings (SSSR count). The Kier molecular flexibility index (Phi) is 5.26. The SMILES string of the molecule is C[C@H](Nc1cccc(C(F)(F)F)c1)C(=O)NCc1ccccc1. The second-order valence-corrected chi connectivity index (χ2v) is 5.15. The highest BCUT2D eigenvalue weighted by atomic mass is 19.4. The number of hydrogen-bond acceptors (Lipinski definition) is 2. The first-order valence-electron chi connectivity index (χ1n) is 7.11. The van der Waals surface area contributed by atoms with E-state index in [9.17, 15) is 18.0 Å². The maximum atomic E-state index is 12.7. The van der Waals surface area contributed by atoms with Gasteiger partial charge in [-0.05, 0) is 30.7 Å². The van der Waals surface area contributed by atoms with Crippen LogP contribution in [0.3, 0.4) is 0 Å². The number of amides is 1. The molecule has 2 aromatic carbocycles. The molecule has 0 unspecified atom stereocenters. The number of alkyl halides is 3. The van der Waals surface area contributed by atoms with Crippen molar-refractivity contribution in [3.8, 4) is 0 Å². The van der Waals surface area contributed by atoms with Gasteiger partial charge in [-0.25, -0.2) is 0 Å². The van der Waals surface area contributed by atoms with Crippen molar-refractivity contribution < 1.29 is 18.0 Å². The number of carbonyl (C=O) groups is 1. The van der Waals surface area contributed by atoms with Gasteiger partial charge in [-0.1, -0.05) is 36.4 Å². The fourth-order valence-corrected chi connectivity index (χ4v) is 2.04. The van der Waals surface area contributed by atoms with E-state index in [1.54, 1.807) is 6.92 Å². The molecule has 3 nitrogen and oxygen atoms in total. The van der Waals surface area contributed by atoms with Gasteiger partial charge in [-0.2, -0.15) is 13.2 Å². The number of rotatable bonds is 5. The van der Waals surface area contributed by atoms with Crippen LogP contribution in [0.4, 0.5) is 18.9 Å². The van der Waals surface area contributed by atoms with Crippen LogP contribution < -0.4 is 10.6 Å². The lowest BCUT2D eigenvalue weighted by molar-refractivity contribution is -0.137. The lowest BCUT2D eigenvalue weighted by atomic mass is 10.1. The van der Waals surface area contributed by atoms with Crippen LogP contribution in [0.25, 0.3) is 0 Å². The lowest BCUT2D eigenvalue weighted by Crippen LogP contribution is -2.37. The molecule has 0 bridgehead atoms. The molecule has 0 spiro atoms. The Balaban J connectivity index is 1.93. The first-order valence-corrected chi connectivity index (χ1v) is 7.11. The Morgan fingerprint density at radius 1 is 1.09 bits per heavy atom. The molecule has 2 N–H and O–H groups in total. The number of halogens is 3. The molecular formula is C17H17F3N2O. The van der Waals surface area contributed by atoms with E-state index in [0.29, 0.717) is 6.54 Å². The van der Waals surface area contributed by atoms with Crippen LogP contribution in [0.1, 0.15) is 18.1 Å². The largest absolute Gasteiger partial charge is 0.416 e. The second kappa shape index (κ2) is 7.17. The van der Waals surface area contributed by atoms with Crippen LogP contribution in [0.2, 0.25) is 0 Å². The molecule has 1 atom stereocenters. The molecule has 0 radical (unpaired) electrons. The lowest BCUT2D eigenvalue weighted by Gasteiger charge is -2.16. The van der Waals surface area contributed by atoms with Crippen LogP contribution in [0.15, 0.2) is 54.6 Å². The highest BCUT2D eigenvalue weighted by molar-refractivity contribution is 5.84. The molecule has 23 heavy (non-hydrogen) atoms. The van der Waals surface area contributed by atoms with Crippen LogP contribution >= 0.6 is 0 Å². The summed E-state index contributed by atoms with van der Waals surface area (Å²) in [6.07, 6.45) is -4.41. The Labute approximate surface area is 132 Å². The maximum Gasteiger partial charge on any atom is 0.416 e. The Hall–Kier alpha value is -2.50. The number of anilines is 1. The van der Waals surface area contributed by atoms with E-state index in [1.165, 1.54) is 12.1 Å². The standard InChI is InChI=1S/C17H17F3N2O/c1-12(16(23)21-11-13-6-3-2-4-7-13)22-15-9-5-8-14(10-15)17(18,19)20/h2-10,12,22H,11H2,1H3,(H,21,23)/t12-/m0/s1. The van der Waals surface area contributed by atoms with Gasteiger partial charge in [0, 0.05) is 12.2 Å². The molecule has 0 aliphatic heterocycles. The monoisotopic (exact) mass is 322 g/mol. The highest BCUT2D eigenvalue weighted by Crippen LogP contribution is 2.30. The van der Waals surface area contributed by atoms with Crippen LogP contribution in [0.5, 0.6) is 0 Å². The summed E-state index contributed by atoms with van der Waals surface area (Å²) in [5.74, 6) is -0.286. The van der Waals surface area contributed by atoms with Gasteiger partial charge in [-0.3, -0.25) is 4.79 Å². The van der Waals surface area contributed by atoms with Gasteiger partial charge in [0.15, 0.2) is 0 Å². The van der Waals surface area contributed by atoms with Crippen molar-refractivity contribution in [2.45, 2.75) is 25.7 Å². The average molecular weight is 322 g/mol. The molecule has 0 fully saturated rings. The zero-order valence-corrected chi connectivity index (χ0v) is 12.5. The molecule has 0 saturated heterocycles. The number of hydrogen-bond donors (Lipinski definition) is 2. The minimum atomic E-state index is -4.41. The molecule has 0 saturated carbocycles. The van der Waals surface area contributed by atoms with Gasteiger partial charge in [-0.15, -0.1) is 0 Å². The zero-order valence-electron chi connectivity index (χ0n) is 12.5. The van der Waals surface area contributed by atoms with Crippen molar-refractivity contribution in [1.82, 2.24) is 5.32 Å². The third-order valence-electron chi connectivity index (χ3n) is 3.28. The summed E-state index contributed by atoms with van der Waals surface area (Å²) in [7, 11) is 0. The van der Waals surface area contributed by atoms with E-state index in [1.807, 2.05) is 30.3 Å². The second-order valence-electron chi connectivity index (χ2n) is 5.15. The summed E-state index contributed by atoms with van der Waals surface area (Å²) in [5.41, 5.74) is 0.452. The molecule has 6 heteroatoms. The summed E-state index contributed by atoms with van der Waals surface area (Å²) in [4.78, 5) is 12.0. The van der Waals surface area contributed by atoms with Crippen LogP contribution in [-0.4, -0.2) is 11.9 Å². The number of benzene rings is 2. The number of carbonyl (C=O) groups excluding carboxylic acids is 1. The van der Waals surface area contributed by atoms with Crippen molar-refractivity contribution in [1.29, 1.82) is 0 Å². The van der Waals surface area contributed by atoms with Crippen molar-refractivity contribution in [2.24, 2.45) is 0 Å². The summed E-state index contributed by atoms with van der Waals surface area (Å²) in [6, 6.07) is 13.5. The predicted octanol–water partition coefficient (Wildman–Crippen LogP) is 3.82. The van der Waals surface area contributed by atoms with Crippen molar-refractivity contribution in [2.75, 3.05) is 5.32 Å². The average Bonchev–Trinajstić information content (AvgIpc) is 2.53. The van der Waals surface area contributed by atoms with Gasteiger partial charge in [0.1, 0.15) is 6.04 Å². The van der Waals surface area contributed by atoms with Gasteiger partial charge < -0.3 is 10.6 Å². The van der Waals surface area contributed by atoms with Crippen molar-refractivity contribution >= 4 is 11.6 Å².